The highest BCUT2D eigenvalue weighted by Gasteiger charge is 2.52. The maximum Gasteiger partial charge on any atom is 0.329 e. The molecule has 0 spiro atoms. The lowest BCUT2D eigenvalue weighted by Gasteiger charge is -2.45. The van der Waals surface area contributed by atoms with Gasteiger partial charge in [-0.15, -0.1) is 0 Å². The first-order valence-corrected chi connectivity index (χ1v) is 14.5. The van der Waals surface area contributed by atoms with Gasteiger partial charge in [-0.25, -0.2) is 9.59 Å². The fourth-order valence-electron chi connectivity index (χ4n) is 6.05. The van der Waals surface area contributed by atoms with Gasteiger partial charge in [0, 0.05) is 26.5 Å². The number of carboxylic acids is 1. The van der Waals surface area contributed by atoms with Crippen LogP contribution in [0.3, 0.4) is 0 Å². The molecule has 2 aromatic rings. The summed E-state index contributed by atoms with van der Waals surface area (Å²) in [4.78, 5) is 40.3. The molecular weight excluding hydrogens is 524 g/mol. The molecule has 1 atom stereocenters. The average molecular weight is 567 g/mol. The summed E-state index contributed by atoms with van der Waals surface area (Å²) in [6.07, 6.45) is 2.86. The van der Waals surface area contributed by atoms with Gasteiger partial charge in [-0.2, -0.15) is 0 Å². The molecule has 9 nitrogen and oxygen atoms in total. The molecule has 2 N–H and O–H groups in total. The largest absolute Gasteiger partial charge is 0.493 e. The first-order valence-electron chi connectivity index (χ1n) is 14.5. The van der Waals surface area contributed by atoms with Crippen LogP contribution in [0.2, 0.25) is 0 Å². The summed E-state index contributed by atoms with van der Waals surface area (Å²) in [7, 11) is 1.54. The first kappa shape index (κ1) is 30.4. The molecule has 41 heavy (non-hydrogen) atoms. The molecule has 1 fully saturated rings. The van der Waals surface area contributed by atoms with E-state index in [1.165, 1.54) is 18.1 Å². The Bertz CT molecular complexity index is 1220. The highest BCUT2D eigenvalue weighted by Crippen LogP contribution is 2.38. The fourth-order valence-corrected chi connectivity index (χ4v) is 6.05. The minimum absolute atomic E-state index is 0.174. The minimum atomic E-state index is -1.37. The number of urea groups is 1. The molecule has 0 unspecified atom stereocenters. The average Bonchev–Trinajstić information content (AvgIpc) is 3.33. The summed E-state index contributed by atoms with van der Waals surface area (Å²) in [5, 5.41) is 12.8. The van der Waals surface area contributed by atoms with Gasteiger partial charge in [0.05, 0.1) is 25.4 Å². The van der Waals surface area contributed by atoms with Crippen LogP contribution in [0.25, 0.3) is 0 Å². The highest BCUT2D eigenvalue weighted by molar-refractivity contribution is 6.00. The van der Waals surface area contributed by atoms with Gasteiger partial charge >= 0.3 is 12.0 Å². The van der Waals surface area contributed by atoms with Crippen LogP contribution in [0, 0.1) is 5.92 Å². The minimum Gasteiger partial charge on any atom is -0.493 e. The number of methoxy groups -OCH3 is 1. The van der Waals surface area contributed by atoms with Crippen LogP contribution in [0.5, 0.6) is 11.5 Å². The summed E-state index contributed by atoms with van der Waals surface area (Å²) in [5.41, 5.74) is 2.42. The third-order valence-electron chi connectivity index (χ3n) is 8.41. The summed E-state index contributed by atoms with van der Waals surface area (Å²) in [5.74, 6) is -0.0525. The molecule has 0 heterocycles. The van der Waals surface area contributed by atoms with E-state index < -0.39 is 23.6 Å². The lowest BCUT2D eigenvalue weighted by molar-refractivity contribution is -0.155. The summed E-state index contributed by atoms with van der Waals surface area (Å²) >= 11 is 0. The number of carboxylic acid groups (broad SMARTS) is 1. The SMILES string of the molecule is CCOc1cc([C@@H](C)N(CCC2Cc3ccccc3C2)C(=O)NC2(C(=O)O)CC(OC)C2)cc(OCC)c1C(C)=O. The summed E-state index contributed by atoms with van der Waals surface area (Å²) < 4.78 is 17.0. The molecule has 2 amide bonds. The van der Waals surface area contributed by atoms with Gasteiger partial charge in [0.15, 0.2) is 5.78 Å². The molecular formula is C32H42N2O7. The number of nitrogens with one attached hydrogen (secondary N) is 1. The number of rotatable bonds is 13. The van der Waals surface area contributed by atoms with Crippen LogP contribution in [0.15, 0.2) is 36.4 Å². The van der Waals surface area contributed by atoms with Gasteiger partial charge < -0.3 is 29.5 Å². The topological polar surface area (TPSA) is 114 Å². The van der Waals surface area contributed by atoms with Gasteiger partial charge in [-0.3, -0.25) is 4.79 Å². The summed E-state index contributed by atoms with van der Waals surface area (Å²) in [6.45, 7) is 8.21. The quantitative estimate of drug-likeness (QED) is 0.321. The van der Waals surface area contributed by atoms with E-state index in [0.29, 0.717) is 42.7 Å². The molecule has 0 bridgehead atoms. The van der Waals surface area contributed by atoms with E-state index in [-0.39, 0.29) is 24.7 Å². The maximum absolute atomic E-state index is 13.9. The molecule has 9 heteroatoms. The van der Waals surface area contributed by atoms with E-state index in [1.807, 2.05) is 20.8 Å². The van der Waals surface area contributed by atoms with Crippen LogP contribution in [-0.4, -0.2) is 66.3 Å². The van der Waals surface area contributed by atoms with Crippen molar-refractivity contribution in [2.24, 2.45) is 5.92 Å². The molecule has 2 aliphatic carbocycles. The van der Waals surface area contributed by atoms with Gasteiger partial charge in [0.2, 0.25) is 0 Å². The smallest absolute Gasteiger partial charge is 0.329 e. The van der Waals surface area contributed by atoms with E-state index in [2.05, 4.69) is 29.6 Å². The Labute approximate surface area is 242 Å². The molecule has 0 saturated heterocycles. The second kappa shape index (κ2) is 12.9. The van der Waals surface area contributed by atoms with E-state index in [4.69, 9.17) is 14.2 Å². The van der Waals surface area contributed by atoms with Crippen molar-refractivity contribution in [3.63, 3.8) is 0 Å². The van der Waals surface area contributed by atoms with Crippen LogP contribution in [-0.2, 0) is 22.4 Å². The van der Waals surface area contributed by atoms with Gasteiger partial charge in [0.25, 0.3) is 0 Å². The Morgan fingerprint density at radius 2 is 1.61 bits per heavy atom. The molecule has 222 valence electrons. The van der Waals surface area contributed by atoms with Crippen molar-refractivity contribution in [3.8, 4) is 11.5 Å². The van der Waals surface area contributed by atoms with Crippen molar-refractivity contribution < 1.29 is 33.7 Å². The number of Topliss-reactive ketones (excluding diaryl/α,β-unsaturated/α-hetero) is 1. The molecule has 2 aliphatic rings. The van der Waals surface area contributed by atoms with E-state index >= 15 is 0 Å². The van der Waals surface area contributed by atoms with Crippen LogP contribution < -0.4 is 14.8 Å². The summed E-state index contributed by atoms with van der Waals surface area (Å²) in [6, 6.07) is 11.1. The number of carbonyl (C=O) groups is 3. The Balaban J connectivity index is 1.64. The number of benzene rings is 2. The zero-order valence-electron chi connectivity index (χ0n) is 24.7. The molecule has 0 aromatic heterocycles. The Hall–Kier alpha value is -3.59. The number of hydrogen-bond donors (Lipinski definition) is 2. The van der Waals surface area contributed by atoms with Crippen LogP contribution in [0.4, 0.5) is 4.79 Å². The molecule has 1 saturated carbocycles. The van der Waals surface area contributed by atoms with Gasteiger partial charge in [-0.1, -0.05) is 24.3 Å². The van der Waals surface area contributed by atoms with E-state index in [1.54, 1.807) is 24.1 Å². The lowest BCUT2D eigenvalue weighted by atomic mass is 9.74. The maximum atomic E-state index is 13.9. The number of aliphatic carboxylic acids is 1. The third-order valence-corrected chi connectivity index (χ3v) is 8.41. The zero-order valence-corrected chi connectivity index (χ0v) is 24.7. The molecule has 4 rings (SSSR count). The number of carbonyl (C=O) groups excluding carboxylic acids is 2. The van der Waals surface area contributed by atoms with Crippen molar-refractivity contribution in [2.45, 2.75) is 77.5 Å². The van der Waals surface area contributed by atoms with Crippen LogP contribution in [0.1, 0.15) is 80.0 Å². The van der Waals surface area contributed by atoms with Crippen molar-refractivity contribution in [1.29, 1.82) is 0 Å². The van der Waals surface area contributed by atoms with Crippen LogP contribution >= 0.6 is 0 Å². The number of ketones is 1. The number of amides is 2. The zero-order chi connectivity index (χ0) is 29.7. The fraction of sp³-hybridized carbons (Fsp3) is 0.531. The van der Waals surface area contributed by atoms with Crippen molar-refractivity contribution in [1.82, 2.24) is 10.2 Å². The molecule has 0 radical (unpaired) electrons. The number of hydrogen-bond acceptors (Lipinski definition) is 6. The van der Waals surface area contributed by atoms with Crippen molar-refractivity contribution in [2.75, 3.05) is 26.9 Å². The van der Waals surface area contributed by atoms with Crippen molar-refractivity contribution >= 4 is 17.8 Å². The number of fused-ring (bicyclic) bond motifs is 1. The molecule has 2 aromatic carbocycles. The van der Waals surface area contributed by atoms with Crippen molar-refractivity contribution in [3.05, 3.63) is 58.7 Å². The number of nitrogens with zero attached hydrogens (tertiary/aromatic N) is 1. The molecule has 0 aliphatic heterocycles. The monoisotopic (exact) mass is 566 g/mol. The van der Waals surface area contributed by atoms with Gasteiger partial charge in [0.1, 0.15) is 22.6 Å². The predicted molar refractivity (Wildman–Crippen MR) is 155 cm³/mol. The Morgan fingerprint density at radius 1 is 1.05 bits per heavy atom. The van der Waals surface area contributed by atoms with Gasteiger partial charge in [-0.05, 0) is 81.7 Å². The van der Waals surface area contributed by atoms with E-state index in [0.717, 1.165) is 24.8 Å². The normalized spacial score (nSPS) is 20.5. The predicted octanol–water partition coefficient (Wildman–Crippen LogP) is 5.20. The lowest BCUT2D eigenvalue weighted by Crippen LogP contribution is -2.66. The number of ether oxygens (including phenoxy) is 3. The second-order valence-electron chi connectivity index (χ2n) is 11.1. The second-order valence-corrected chi connectivity index (χ2v) is 11.1. The Morgan fingerprint density at radius 3 is 2.07 bits per heavy atom. The highest BCUT2D eigenvalue weighted by atomic mass is 16.5. The van der Waals surface area contributed by atoms with E-state index in [9.17, 15) is 19.5 Å². The first-order chi connectivity index (χ1) is 19.6. The third kappa shape index (κ3) is 6.50. The standard InChI is InChI=1S/C32H42N2O7/c1-6-40-27-16-25(17-28(41-7-2)29(27)21(4)35)20(3)34(13-12-22-14-23-10-8-9-11-24(23)15-22)31(38)33-32(30(36)37)18-26(19-32)39-5/h8-11,16-17,20,22,26H,6-7,12-15,18-19H2,1-5H3,(H,33,38)(H,36,37)/t20-,26?,32?/m1/s1. The Kier molecular flexibility index (Phi) is 9.58.